The lowest BCUT2D eigenvalue weighted by Crippen LogP contribution is -2.32. The predicted molar refractivity (Wildman–Crippen MR) is 95.6 cm³/mol. The molecule has 8 heteroatoms. The van der Waals surface area contributed by atoms with Gasteiger partial charge < -0.3 is 15.0 Å². The molecule has 0 radical (unpaired) electrons. The number of rotatable bonds is 6. The minimum Gasteiger partial charge on any atom is -0.495 e. The number of hydrogen-bond donors (Lipinski definition) is 1. The maximum absolute atomic E-state index is 13.6. The first kappa shape index (κ1) is 19.7. The van der Waals surface area contributed by atoms with Crippen molar-refractivity contribution in [2.24, 2.45) is 0 Å². The Balaban J connectivity index is 2.10. The summed E-state index contributed by atoms with van der Waals surface area (Å²) in [5.74, 6) is -2.03. The molecule has 2 rings (SSSR count). The Morgan fingerprint density at radius 2 is 1.92 bits per heavy atom. The molecular formula is C18H17ClF2N2O3. The zero-order chi connectivity index (χ0) is 19.3. The second-order valence-corrected chi connectivity index (χ2v) is 5.85. The SMILES string of the molecule is COc1ccc(Cl)cc1N(CCC(=O)Nc1ccc(F)cc1F)C(C)=O. The normalized spacial score (nSPS) is 10.3. The van der Waals surface area contributed by atoms with Crippen LogP contribution in [0.3, 0.4) is 0 Å². The maximum atomic E-state index is 13.6. The van der Waals surface area contributed by atoms with Gasteiger partial charge in [-0.2, -0.15) is 0 Å². The van der Waals surface area contributed by atoms with Gasteiger partial charge in [0.15, 0.2) is 0 Å². The second kappa shape index (κ2) is 8.62. The Labute approximate surface area is 154 Å². The number of nitrogens with one attached hydrogen (secondary N) is 1. The van der Waals surface area contributed by atoms with Crippen molar-refractivity contribution in [2.45, 2.75) is 13.3 Å². The summed E-state index contributed by atoms with van der Waals surface area (Å²) < 4.78 is 31.7. The number of hydrogen-bond acceptors (Lipinski definition) is 3. The molecule has 0 aliphatic carbocycles. The summed E-state index contributed by atoms with van der Waals surface area (Å²) >= 11 is 5.98. The number of carbonyl (C=O) groups excluding carboxylic acids is 2. The first-order chi connectivity index (χ1) is 12.3. The molecule has 0 atom stereocenters. The zero-order valence-electron chi connectivity index (χ0n) is 14.2. The lowest BCUT2D eigenvalue weighted by atomic mass is 10.2. The van der Waals surface area contributed by atoms with Crippen molar-refractivity contribution in [2.75, 3.05) is 23.9 Å². The van der Waals surface area contributed by atoms with Gasteiger partial charge in [0.25, 0.3) is 0 Å². The number of amides is 2. The third kappa shape index (κ3) is 4.92. The Morgan fingerprint density at radius 3 is 2.54 bits per heavy atom. The van der Waals surface area contributed by atoms with Crippen LogP contribution in [-0.4, -0.2) is 25.5 Å². The molecule has 0 aliphatic heterocycles. The molecule has 2 aromatic carbocycles. The van der Waals surface area contributed by atoms with Crippen molar-refractivity contribution in [1.29, 1.82) is 0 Å². The monoisotopic (exact) mass is 382 g/mol. The molecule has 0 saturated carbocycles. The smallest absolute Gasteiger partial charge is 0.226 e. The van der Waals surface area contributed by atoms with E-state index >= 15 is 0 Å². The first-order valence-corrected chi connectivity index (χ1v) is 8.06. The van der Waals surface area contributed by atoms with Crippen LogP contribution in [0.1, 0.15) is 13.3 Å². The van der Waals surface area contributed by atoms with Crippen LogP contribution in [0.5, 0.6) is 5.75 Å². The molecule has 0 bridgehead atoms. The van der Waals surface area contributed by atoms with Crippen molar-refractivity contribution in [3.05, 3.63) is 53.1 Å². The van der Waals surface area contributed by atoms with Gasteiger partial charge in [-0.3, -0.25) is 9.59 Å². The Morgan fingerprint density at radius 1 is 1.19 bits per heavy atom. The number of nitrogens with zero attached hydrogens (tertiary/aromatic N) is 1. The number of methoxy groups -OCH3 is 1. The van der Waals surface area contributed by atoms with Crippen molar-refractivity contribution < 1.29 is 23.1 Å². The molecule has 0 aromatic heterocycles. The van der Waals surface area contributed by atoms with Crippen LogP contribution in [0.2, 0.25) is 5.02 Å². The minimum atomic E-state index is -0.877. The van der Waals surface area contributed by atoms with Gasteiger partial charge in [-0.05, 0) is 30.3 Å². The van der Waals surface area contributed by atoms with E-state index in [0.717, 1.165) is 12.1 Å². The van der Waals surface area contributed by atoms with E-state index in [1.165, 1.54) is 18.9 Å². The average Bonchev–Trinajstić information content (AvgIpc) is 2.57. The summed E-state index contributed by atoms with van der Waals surface area (Å²) in [4.78, 5) is 25.4. The fraction of sp³-hybridized carbons (Fsp3) is 0.222. The van der Waals surface area contributed by atoms with Crippen LogP contribution >= 0.6 is 11.6 Å². The molecule has 2 aromatic rings. The van der Waals surface area contributed by atoms with Gasteiger partial charge in [0, 0.05) is 31.0 Å². The van der Waals surface area contributed by atoms with Gasteiger partial charge in [0.1, 0.15) is 17.4 Å². The van der Waals surface area contributed by atoms with E-state index in [0.29, 0.717) is 22.5 Å². The highest BCUT2D eigenvalue weighted by atomic mass is 35.5. The summed E-state index contributed by atoms with van der Waals surface area (Å²) in [5, 5.41) is 2.75. The second-order valence-electron chi connectivity index (χ2n) is 5.41. The number of benzene rings is 2. The summed E-state index contributed by atoms with van der Waals surface area (Å²) in [5.41, 5.74) is 0.291. The lowest BCUT2D eigenvalue weighted by molar-refractivity contribution is -0.117. The molecule has 0 spiro atoms. The summed E-state index contributed by atoms with van der Waals surface area (Å²) in [6.07, 6.45) is -0.105. The highest BCUT2D eigenvalue weighted by Crippen LogP contribution is 2.31. The molecule has 5 nitrogen and oxygen atoms in total. The average molecular weight is 383 g/mol. The highest BCUT2D eigenvalue weighted by molar-refractivity contribution is 6.31. The molecule has 1 N–H and O–H groups in total. The molecule has 0 aliphatic rings. The molecule has 0 fully saturated rings. The lowest BCUT2D eigenvalue weighted by Gasteiger charge is -2.23. The first-order valence-electron chi connectivity index (χ1n) is 7.68. The molecule has 0 heterocycles. The molecule has 2 amide bonds. The van der Waals surface area contributed by atoms with E-state index in [1.54, 1.807) is 18.2 Å². The van der Waals surface area contributed by atoms with Crippen molar-refractivity contribution in [3.8, 4) is 5.75 Å². The number of anilines is 2. The van der Waals surface area contributed by atoms with Crippen molar-refractivity contribution in [1.82, 2.24) is 0 Å². The van der Waals surface area contributed by atoms with Crippen molar-refractivity contribution >= 4 is 34.8 Å². The van der Waals surface area contributed by atoms with E-state index in [9.17, 15) is 18.4 Å². The molecule has 138 valence electrons. The topological polar surface area (TPSA) is 58.6 Å². The molecule has 26 heavy (non-hydrogen) atoms. The van der Waals surface area contributed by atoms with Gasteiger partial charge in [-0.1, -0.05) is 11.6 Å². The van der Waals surface area contributed by atoms with E-state index < -0.39 is 17.5 Å². The number of halogens is 3. The largest absolute Gasteiger partial charge is 0.495 e. The van der Waals surface area contributed by atoms with Crippen LogP contribution in [-0.2, 0) is 9.59 Å². The molecule has 0 unspecified atom stereocenters. The van der Waals surface area contributed by atoms with Crippen LogP contribution < -0.4 is 15.0 Å². The van der Waals surface area contributed by atoms with E-state index in [4.69, 9.17) is 16.3 Å². The van der Waals surface area contributed by atoms with Gasteiger partial charge >= 0.3 is 0 Å². The minimum absolute atomic E-state index is 0.0285. The summed E-state index contributed by atoms with van der Waals surface area (Å²) in [6, 6.07) is 7.63. The van der Waals surface area contributed by atoms with Crippen LogP contribution in [0.4, 0.5) is 20.2 Å². The van der Waals surface area contributed by atoms with E-state index in [2.05, 4.69) is 5.32 Å². The standard InChI is InChI=1S/C18H17ClF2N2O3/c1-11(24)23(16-9-12(19)3-6-17(16)26-2)8-7-18(25)22-15-5-4-13(20)10-14(15)21/h3-6,9-10H,7-8H2,1-2H3,(H,22,25). The van der Waals surface area contributed by atoms with E-state index in [-0.39, 0.29) is 24.6 Å². The quantitative estimate of drug-likeness (QED) is 0.821. The Hall–Kier alpha value is -2.67. The summed E-state index contributed by atoms with van der Waals surface area (Å²) in [6.45, 7) is 1.37. The van der Waals surface area contributed by atoms with Gasteiger partial charge in [0.05, 0.1) is 18.5 Å². The zero-order valence-corrected chi connectivity index (χ0v) is 14.9. The van der Waals surface area contributed by atoms with Crippen molar-refractivity contribution in [3.63, 3.8) is 0 Å². The predicted octanol–water partition coefficient (Wildman–Crippen LogP) is 4.01. The van der Waals surface area contributed by atoms with Crippen LogP contribution in [0, 0.1) is 11.6 Å². The molecular weight excluding hydrogens is 366 g/mol. The molecule has 0 saturated heterocycles. The maximum Gasteiger partial charge on any atom is 0.226 e. The fourth-order valence-electron chi connectivity index (χ4n) is 2.34. The van der Waals surface area contributed by atoms with Gasteiger partial charge in [0.2, 0.25) is 11.8 Å². The third-order valence-electron chi connectivity index (χ3n) is 3.58. The highest BCUT2D eigenvalue weighted by Gasteiger charge is 2.18. The third-order valence-corrected chi connectivity index (χ3v) is 3.81. The number of ether oxygens (including phenoxy) is 1. The van der Waals surface area contributed by atoms with E-state index in [1.807, 2.05) is 0 Å². The Kier molecular flexibility index (Phi) is 6.52. The van der Waals surface area contributed by atoms with Crippen LogP contribution in [0.25, 0.3) is 0 Å². The fourth-order valence-corrected chi connectivity index (χ4v) is 2.50. The number of carbonyl (C=O) groups is 2. The van der Waals surface area contributed by atoms with Gasteiger partial charge in [-0.15, -0.1) is 0 Å². The summed E-state index contributed by atoms with van der Waals surface area (Å²) in [7, 11) is 1.45. The van der Waals surface area contributed by atoms with Gasteiger partial charge in [-0.25, -0.2) is 8.78 Å². The van der Waals surface area contributed by atoms with Crippen LogP contribution in [0.15, 0.2) is 36.4 Å². The Bertz CT molecular complexity index is 830.